The highest BCUT2D eigenvalue weighted by Crippen LogP contribution is 2.18. The maximum absolute atomic E-state index is 11.9. The highest BCUT2D eigenvalue weighted by Gasteiger charge is 2.29. The number of esters is 1. The van der Waals surface area contributed by atoms with Gasteiger partial charge in [-0.2, -0.15) is 13.2 Å². The van der Waals surface area contributed by atoms with Gasteiger partial charge in [-0.15, -0.1) is 0 Å². The number of rotatable bonds is 3. The number of halogens is 3. The molecule has 1 rings (SSSR count). The number of methoxy groups -OCH3 is 1. The van der Waals surface area contributed by atoms with Crippen LogP contribution in [-0.4, -0.2) is 35.8 Å². The molecule has 1 aromatic rings. The summed E-state index contributed by atoms with van der Waals surface area (Å²) in [5.74, 6) is -1.62. The maximum atomic E-state index is 11.9. The van der Waals surface area contributed by atoms with Crippen molar-refractivity contribution in [2.45, 2.75) is 6.18 Å². The van der Waals surface area contributed by atoms with Gasteiger partial charge < -0.3 is 15.2 Å². The van der Waals surface area contributed by atoms with Crippen molar-refractivity contribution in [2.75, 3.05) is 19.5 Å². The van der Waals surface area contributed by atoms with Crippen molar-refractivity contribution in [1.29, 1.82) is 0 Å². The first-order valence-electron chi connectivity index (χ1n) is 4.24. The topological polar surface area (TPSA) is 87.3 Å². The lowest BCUT2D eigenvalue weighted by atomic mass is 10.4. The summed E-state index contributed by atoms with van der Waals surface area (Å²) in [6, 6.07) is 0. The van der Waals surface area contributed by atoms with Crippen molar-refractivity contribution in [3.63, 3.8) is 0 Å². The normalized spacial score (nSPS) is 11.1. The summed E-state index contributed by atoms with van der Waals surface area (Å²) >= 11 is 0. The number of carbonyl (C=O) groups is 1. The third-order valence-corrected chi connectivity index (χ3v) is 1.54. The predicted octanol–water partition coefficient (Wildman–Crippen LogP) is 0.786. The summed E-state index contributed by atoms with van der Waals surface area (Å²) in [6.07, 6.45) is -3.62. The van der Waals surface area contributed by atoms with Crippen LogP contribution in [0.15, 0.2) is 6.20 Å². The van der Waals surface area contributed by atoms with E-state index in [0.29, 0.717) is 0 Å². The number of alkyl halides is 3. The van der Waals surface area contributed by atoms with Crippen molar-refractivity contribution in [1.82, 2.24) is 9.97 Å². The third kappa shape index (κ3) is 3.78. The van der Waals surface area contributed by atoms with Crippen molar-refractivity contribution < 1.29 is 27.4 Å². The smallest absolute Gasteiger partial charge is 0.422 e. The molecule has 0 bridgehead atoms. The van der Waals surface area contributed by atoms with Crippen molar-refractivity contribution in [2.24, 2.45) is 0 Å². The standard InChI is InChI=1S/C8H8F3N3O3/c1-16-7(15)5-6(12)13-2-4(14-5)17-3-8(9,10)11/h2H,3H2,1H3,(H2,12,13). The minimum atomic E-state index is -4.51. The molecular weight excluding hydrogens is 243 g/mol. The molecular formula is C8H8F3N3O3. The lowest BCUT2D eigenvalue weighted by molar-refractivity contribution is -0.154. The third-order valence-electron chi connectivity index (χ3n) is 1.54. The van der Waals surface area contributed by atoms with Gasteiger partial charge >= 0.3 is 12.1 Å². The highest BCUT2D eigenvalue weighted by molar-refractivity contribution is 5.91. The minimum absolute atomic E-state index is 0.254. The van der Waals surface area contributed by atoms with Gasteiger partial charge in [0.05, 0.1) is 13.3 Å². The van der Waals surface area contributed by atoms with Gasteiger partial charge in [-0.3, -0.25) is 0 Å². The molecule has 0 aliphatic rings. The van der Waals surface area contributed by atoms with E-state index in [9.17, 15) is 18.0 Å². The number of ether oxygens (including phenoxy) is 2. The van der Waals surface area contributed by atoms with Gasteiger partial charge in [0.1, 0.15) is 0 Å². The molecule has 0 radical (unpaired) electrons. The molecule has 2 N–H and O–H groups in total. The van der Waals surface area contributed by atoms with E-state index in [-0.39, 0.29) is 5.82 Å². The lowest BCUT2D eigenvalue weighted by Gasteiger charge is -2.09. The lowest BCUT2D eigenvalue weighted by Crippen LogP contribution is -2.20. The van der Waals surface area contributed by atoms with Crippen LogP contribution in [0.4, 0.5) is 19.0 Å². The maximum Gasteiger partial charge on any atom is 0.422 e. The Bertz CT molecular complexity index is 422. The molecule has 0 saturated carbocycles. The molecule has 0 atom stereocenters. The Kier molecular flexibility index (Phi) is 3.71. The van der Waals surface area contributed by atoms with Crippen molar-refractivity contribution >= 4 is 11.8 Å². The van der Waals surface area contributed by atoms with Gasteiger partial charge in [0, 0.05) is 0 Å². The zero-order chi connectivity index (χ0) is 13.1. The Balaban J connectivity index is 2.86. The van der Waals surface area contributed by atoms with Crippen LogP contribution >= 0.6 is 0 Å². The molecule has 0 aliphatic heterocycles. The van der Waals surface area contributed by atoms with E-state index in [1.54, 1.807) is 0 Å². The van der Waals surface area contributed by atoms with Crippen LogP contribution in [0.1, 0.15) is 10.5 Å². The molecule has 0 amide bonds. The fourth-order valence-corrected chi connectivity index (χ4v) is 0.854. The average molecular weight is 251 g/mol. The summed E-state index contributed by atoms with van der Waals surface area (Å²) in [4.78, 5) is 18.0. The number of carbonyl (C=O) groups excluding carboxylic acids is 1. The molecule has 0 spiro atoms. The number of hydrogen-bond donors (Lipinski definition) is 1. The molecule has 17 heavy (non-hydrogen) atoms. The van der Waals surface area contributed by atoms with Crippen molar-refractivity contribution in [3.8, 4) is 5.88 Å². The van der Waals surface area contributed by atoms with E-state index in [1.807, 2.05) is 0 Å². The van der Waals surface area contributed by atoms with Crippen LogP contribution in [0.3, 0.4) is 0 Å². The van der Waals surface area contributed by atoms with E-state index < -0.39 is 30.3 Å². The molecule has 0 saturated heterocycles. The Morgan fingerprint density at radius 3 is 2.71 bits per heavy atom. The van der Waals surface area contributed by atoms with Gasteiger partial charge in [0.2, 0.25) is 5.88 Å². The van der Waals surface area contributed by atoms with Crippen LogP contribution in [0.25, 0.3) is 0 Å². The van der Waals surface area contributed by atoms with Gasteiger partial charge in [-0.1, -0.05) is 0 Å². The van der Waals surface area contributed by atoms with Gasteiger partial charge in [-0.05, 0) is 0 Å². The quantitative estimate of drug-likeness (QED) is 0.799. The molecule has 6 nitrogen and oxygen atoms in total. The van der Waals surface area contributed by atoms with E-state index in [1.165, 1.54) is 0 Å². The average Bonchev–Trinajstić information content (AvgIpc) is 2.26. The molecule has 0 aromatic carbocycles. The molecule has 0 unspecified atom stereocenters. The second-order valence-corrected chi connectivity index (χ2v) is 2.84. The highest BCUT2D eigenvalue weighted by atomic mass is 19.4. The Morgan fingerprint density at radius 1 is 1.53 bits per heavy atom. The van der Waals surface area contributed by atoms with Crippen LogP contribution in [0.5, 0.6) is 5.88 Å². The van der Waals surface area contributed by atoms with Crippen LogP contribution in [0.2, 0.25) is 0 Å². The van der Waals surface area contributed by atoms with E-state index >= 15 is 0 Å². The zero-order valence-electron chi connectivity index (χ0n) is 8.61. The monoisotopic (exact) mass is 251 g/mol. The number of anilines is 1. The largest absolute Gasteiger partial charge is 0.467 e. The molecule has 1 heterocycles. The molecule has 9 heteroatoms. The zero-order valence-corrected chi connectivity index (χ0v) is 8.61. The fraction of sp³-hybridized carbons (Fsp3) is 0.375. The number of nitrogens with two attached hydrogens (primary N) is 1. The summed E-state index contributed by atoms with van der Waals surface area (Å²) in [5, 5.41) is 0. The number of nitrogen functional groups attached to an aromatic ring is 1. The molecule has 94 valence electrons. The fourth-order valence-electron chi connectivity index (χ4n) is 0.854. The SMILES string of the molecule is COC(=O)c1nc(OCC(F)(F)F)cnc1N. The van der Waals surface area contributed by atoms with Crippen LogP contribution in [0, 0.1) is 0 Å². The minimum Gasteiger partial charge on any atom is -0.467 e. The molecule has 0 aliphatic carbocycles. The number of aromatic nitrogens is 2. The first-order chi connectivity index (χ1) is 7.83. The Hall–Kier alpha value is -2.06. The summed E-state index contributed by atoms with van der Waals surface area (Å²) in [5.41, 5.74) is 4.90. The first-order valence-corrected chi connectivity index (χ1v) is 4.24. The summed E-state index contributed by atoms with van der Waals surface area (Å²) < 4.78 is 44.2. The Labute approximate surface area is 93.6 Å². The van der Waals surface area contributed by atoms with Gasteiger partial charge in [-0.25, -0.2) is 14.8 Å². The summed E-state index contributed by atoms with van der Waals surface area (Å²) in [7, 11) is 1.08. The van der Waals surface area contributed by atoms with E-state index in [0.717, 1.165) is 13.3 Å². The molecule has 1 aromatic heterocycles. The van der Waals surface area contributed by atoms with Crippen LogP contribution in [-0.2, 0) is 4.74 Å². The van der Waals surface area contributed by atoms with E-state index in [2.05, 4.69) is 19.4 Å². The van der Waals surface area contributed by atoms with Crippen molar-refractivity contribution in [3.05, 3.63) is 11.9 Å². The van der Waals surface area contributed by atoms with Crippen LogP contribution < -0.4 is 10.5 Å². The second-order valence-electron chi connectivity index (χ2n) is 2.84. The molecule has 0 fully saturated rings. The van der Waals surface area contributed by atoms with Gasteiger partial charge in [0.15, 0.2) is 18.1 Å². The Morgan fingerprint density at radius 2 is 2.18 bits per heavy atom. The summed E-state index contributed by atoms with van der Waals surface area (Å²) in [6.45, 7) is -1.54. The first kappa shape index (κ1) is 13.0. The van der Waals surface area contributed by atoms with E-state index in [4.69, 9.17) is 5.73 Å². The second kappa shape index (κ2) is 4.85. The van der Waals surface area contributed by atoms with Gasteiger partial charge in [0.25, 0.3) is 0 Å². The number of hydrogen-bond acceptors (Lipinski definition) is 6. The predicted molar refractivity (Wildman–Crippen MR) is 49.3 cm³/mol. The number of nitrogens with zero attached hydrogens (tertiary/aromatic N) is 2.